The fourth-order valence-electron chi connectivity index (χ4n) is 5.12. The Hall–Kier alpha value is -2.38. The molecule has 1 aromatic heterocycles. The Balaban J connectivity index is 1.25. The number of piperidine rings is 1. The van der Waals surface area contributed by atoms with Crippen LogP contribution in [0.25, 0.3) is 0 Å². The van der Waals surface area contributed by atoms with Gasteiger partial charge < -0.3 is 10.2 Å². The van der Waals surface area contributed by atoms with Gasteiger partial charge in [0.05, 0.1) is 5.92 Å². The van der Waals surface area contributed by atoms with Crippen LogP contribution in [-0.2, 0) is 17.8 Å². The van der Waals surface area contributed by atoms with Gasteiger partial charge in [-0.3, -0.25) is 9.69 Å². The Morgan fingerprint density at radius 1 is 1.16 bits per heavy atom. The Labute approximate surface area is 190 Å². The molecule has 2 aliphatic rings. The van der Waals surface area contributed by atoms with E-state index < -0.39 is 0 Å². The number of aryl methyl sites for hydroxylation is 1. The van der Waals surface area contributed by atoms with Crippen molar-refractivity contribution in [1.82, 2.24) is 19.8 Å². The maximum absolute atomic E-state index is 13.1. The normalized spacial score (nSPS) is 22.8. The van der Waals surface area contributed by atoms with Crippen molar-refractivity contribution in [1.29, 1.82) is 0 Å². The average Bonchev–Trinajstić information content (AvgIpc) is 3.19. The Bertz CT molecular complexity index is 880. The van der Waals surface area contributed by atoms with Gasteiger partial charge in [-0.15, -0.1) is 0 Å². The minimum Gasteiger partial charge on any atom is -0.326 e. The molecule has 2 aliphatic heterocycles. The SMILES string of the molecule is CCCc1ncc(CN2CCC([C@@H]3C[C@@H](C(=O)Nc4ccc(F)cc4)CN3C)CC2)cn1. The number of nitrogens with zero attached hydrogens (tertiary/aromatic N) is 4. The fraction of sp³-hybridized carbons (Fsp3) is 0.560. The van der Waals surface area contributed by atoms with Crippen LogP contribution in [0.5, 0.6) is 0 Å². The van der Waals surface area contributed by atoms with Crippen molar-refractivity contribution in [2.24, 2.45) is 11.8 Å². The van der Waals surface area contributed by atoms with Gasteiger partial charge in [-0.05, 0) is 76.0 Å². The summed E-state index contributed by atoms with van der Waals surface area (Å²) in [5.74, 6) is 1.26. The van der Waals surface area contributed by atoms with E-state index in [9.17, 15) is 9.18 Å². The Morgan fingerprint density at radius 2 is 1.84 bits per heavy atom. The molecule has 0 radical (unpaired) electrons. The van der Waals surface area contributed by atoms with Crippen LogP contribution in [0.4, 0.5) is 10.1 Å². The van der Waals surface area contributed by atoms with Crippen LogP contribution < -0.4 is 5.32 Å². The van der Waals surface area contributed by atoms with Gasteiger partial charge in [0, 0.05) is 49.2 Å². The number of halogens is 1. The third-order valence-electron chi connectivity index (χ3n) is 6.90. The number of hydrogen-bond acceptors (Lipinski definition) is 5. The lowest BCUT2D eigenvalue weighted by Gasteiger charge is -2.37. The lowest BCUT2D eigenvalue weighted by Crippen LogP contribution is -2.41. The third-order valence-corrected chi connectivity index (χ3v) is 6.90. The molecule has 1 N–H and O–H groups in total. The second kappa shape index (κ2) is 10.5. The van der Waals surface area contributed by atoms with Gasteiger partial charge in [-0.1, -0.05) is 6.92 Å². The summed E-state index contributed by atoms with van der Waals surface area (Å²) in [5.41, 5.74) is 1.83. The highest BCUT2D eigenvalue weighted by Gasteiger charge is 2.39. The van der Waals surface area contributed by atoms with E-state index in [0.717, 1.165) is 64.1 Å². The van der Waals surface area contributed by atoms with E-state index in [0.29, 0.717) is 17.6 Å². The van der Waals surface area contributed by atoms with Crippen LogP contribution in [0.1, 0.15) is 44.0 Å². The summed E-state index contributed by atoms with van der Waals surface area (Å²) >= 11 is 0. The van der Waals surface area contributed by atoms with Gasteiger partial charge in [0.15, 0.2) is 0 Å². The molecule has 0 bridgehead atoms. The molecule has 2 fully saturated rings. The molecule has 2 saturated heterocycles. The van der Waals surface area contributed by atoms with Crippen LogP contribution in [0.3, 0.4) is 0 Å². The van der Waals surface area contributed by atoms with Crippen LogP contribution >= 0.6 is 0 Å². The number of benzene rings is 1. The van der Waals surface area contributed by atoms with E-state index >= 15 is 0 Å². The van der Waals surface area contributed by atoms with Crippen molar-refractivity contribution < 1.29 is 9.18 Å². The molecule has 2 atom stereocenters. The number of nitrogens with one attached hydrogen (secondary N) is 1. The Kier molecular flexibility index (Phi) is 7.48. The molecule has 7 heteroatoms. The summed E-state index contributed by atoms with van der Waals surface area (Å²) in [5, 5.41) is 2.95. The number of hydrogen-bond donors (Lipinski definition) is 1. The maximum atomic E-state index is 13.1. The summed E-state index contributed by atoms with van der Waals surface area (Å²) in [6.45, 7) is 5.96. The van der Waals surface area contributed by atoms with Crippen LogP contribution in [-0.4, -0.2) is 58.4 Å². The highest BCUT2D eigenvalue weighted by Crippen LogP contribution is 2.33. The van der Waals surface area contributed by atoms with Gasteiger partial charge >= 0.3 is 0 Å². The van der Waals surface area contributed by atoms with Crippen LogP contribution in [0.15, 0.2) is 36.7 Å². The quantitative estimate of drug-likeness (QED) is 0.712. The standard InChI is InChI=1S/C25H34FN5O/c1-3-4-24-27-14-18(15-28-24)16-31-11-9-19(10-12-31)23-13-20(17-30(23)2)25(32)29-22-7-5-21(26)6-8-22/h5-8,14-15,19-20,23H,3-4,9-13,16-17H2,1-2H3,(H,29,32)/t20-,23+/m1/s1. The van der Waals surface area contributed by atoms with Gasteiger partial charge in [-0.25, -0.2) is 14.4 Å². The zero-order valence-electron chi connectivity index (χ0n) is 19.1. The van der Waals surface area contributed by atoms with Crippen molar-refractivity contribution in [2.45, 2.75) is 51.6 Å². The molecule has 2 aromatic rings. The number of carbonyl (C=O) groups is 1. The summed E-state index contributed by atoms with van der Waals surface area (Å²) in [6, 6.07) is 6.41. The van der Waals surface area contributed by atoms with E-state index in [1.807, 2.05) is 12.4 Å². The van der Waals surface area contributed by atoms with Gasteiger partial charge in [0.2, 0.25) is 5.91 Å². The molecular weight excluding hydrogens is 405 g/mol. The van der Waals surface area contributed by atoms with Crippen molar-refractivity contribution in [3.05, 3.63) is 53.9 Å². The van der Waals surface area contributed by atoms with Gasteiger partial charge in [0.25, 0.3) is 0 Å². The molecule has 0 unspecified atom stereocenters. The monoisotopic (exact) mass is 439 g/mol. The summed E-state index contributed by atoms with van der Waals surface area (Å²) in [7, 11) is 2.14. The maximum Gasteiger partial charge on any atom is 0.228 e. The lowest BCUT2D eigenvalue weighted by atomic mass is 9.86. The first-order valence-corrected chi connectivity index (χ1v) is 11.8. The first-order valence-electron chi connectivity index (χ1n) is 11.8. The zero-order chi connectivity index (χ0) is 22.5. The second-order valence-corrected chi connectivity index (χ2v) is 9.31. The lowest BCUT2D eigenvalue weighted by molar-refractivity contribution is -0.119. The Morgan fingerprint density at radius 3 is 2.50 bits per heavy atom. The molecule has 32 heavy (non-hydrogen) atoms. The molecule has 172 valence electrons. The van der Waals surface area contributed by atoms with E-state index in [-0.39, 0.29) is 17.6 Å². The van der Waals surface area contributed by atoms with Crippen molar-refractivity contribution in [2.75, 3.05) is 32.0 Å². The highest BCUT2D eigenvalue weighted by atomic mass is 19.1. The van der Waals surface area contributed by atoms with E-state index in [2.05, 4.69) is 39.1 Å². The number of aromatic nitrogens is 2. The summed E-state index contributed by atoms with van der Waals surface area (Å²) in [4.78, 5) is 26.5. The van der Waals surface area contributed by atoms with E-state index in [1.54, 1.807) is 12.1 Å². The molecule has 3 heterocycles. The highest BCUT2D eigenvalue weighted by molar-refractivity contribution is 5.92. The van der Waals surface area contributed by atoms with Crippen LogP contribution in [0.2, 0.25) is 0 Å². The van der Waals surface area contributed by atoms with Crippen LogP contribution in [0, 0.1) is 17.7 Å². The topological polar surface area (TPSA) is 61.4 Å². The number of carbonyl (C=O) groups excluding carboxylic acids is 1. The molecule has 0 spiro atoms. The molecule has 6 nitrogen and oxygen atoms in total. The molecule has 0 aliphatic carbocycles. The predicted molar refractivity (Wildman–Crippen MR) is 124 cm³/mol. The number of likely N-dealkylation sites (tertiary alicyclic amines) is 2. The predicted octanol–water partition coefficient (Wildman–Crippen LogP) is 3.74. The second-order valence-electron chi connectivity index (χ2n) is 9.31. The number of amides is 1. The largest absolute Gasteiger partial charge is 0.326 e. The first kappa shape index (κ1) is 22.8. The first-order chi connectivity index (χ1) is 15.5. The van der Waals surface area contributed by atoms with Crippen molar-refractivity contribution in [3.63, 3.8) is 0 Å². The molecule has 0 saturated carbocycles. The van der Waals surface area contributed by atoms with E-state index in [1.165, 1.54) is 17.7 Å². The van der Waals surface area contributed by atoms with Gasteiger partial charge in [-0.2, -0.15) is 0 Å². The molecular formula is C25H34FN5O. The summed E-state index contributed by atoms with van der Waals surface area (Å²) in [6.07, 6.45) is 9.13. The minimum absolute atomic E-state index is 0.0214. The van der Waals surface area contributed by atoms with Crippen molar-refractivity contribution in [3.8, 4) is 0 Å². The minimum atomic E-state index is -0.295. The zero-order valence-corrected chi connectivity index (χ0v) is 19.1. The third kappa shape index (κ3) is 5.70. The molecule has 1 amide bonds. The fourth-order valence-corrected chi connectivity index (χ4v) is 5.12. The van der Waals surface area contributed by atoms with Crippen molar-refractivity contribution >= 4 is 11.6 Å². The molecule has 1 aromatic carbocycles. The average molecular weight is 440 g/mol. The smallest absolute Gasteiger partial charge is 0.228 e. The number of anilines is 1. The molecule has 4 rings (SSSR count). The van der Waals surface area contributed by atoms with E-state index in [4.69, 9.17) is 0 Å². The summed E-state index contributed by atoms with van der Waals surface area (Å²) < 4.78 is 13.1. The number of rotatable bonds is 7. The van der Waals surface area contributed by atoms with Gasteiger partial charge in [0.1, 0.15) is 11.6 Å².